The van der Waals surface area contributed by atoms with Gasteiger partial charge >= 0.3 is 0 Å². The molecule has 0 spiro atoms. The molecular formula is C27H30Cl2N2O3. The summed E-state index contributed by atoms with van der Waals surface area (Å²) in [6.45, 7) is 14.1. The van der Waals surface area contributed by atoms with E-state index in [1.54, 1.807) is 18.2 Å². The third-order valence-corrected chi connectivity index (χ3v) is 6.03. The van der Waals surface area contributed by atoms with Crippen molar-refractivity contribution >= 4 is 23.2 Å². The maximum Gasteiger partial charge on any atom is 0.231 e. The molecule has 180 valence electrons. The standard InChI is InChI=1S/C14H16ClNO.C13H14ClNO2/c1-8(2)13-10(4)17-14(16-13)12-9(3)6-5-7-11(12)15;1-7(2)12-8(3)17-13(15-12)11-9(14)5-4-6-10(11)16/h5-8H,1-4H3;4-7,16H,1-3H3. The molecule has 1 N–H and O–H groups in total. The molecule has 2 heterocycles. The Hall–Kier alpha value is -2.76. The van der Waals surface area contributed by atoms with Gasteiger partial charge in [0.05, 0.1) is 32.6 Å². The topological polar surface area (TPSA) is 72.3 Å². The fourth-order valence-corrected chi connectivity index (χ4v) is 4.28. The second-order valence-electron chi connectivity index (χ2n) is 8.80. The predicted octanol–water partition coefficient (Wildman–Crippen LogP) is 8.87. The van der Waals surface area contributed by atoms with Gasteiger partial charge in [0.2, 0.25) is 11.8 Å². The highest BCUT2D eigenvalue weighted by atomic mass is 35.5. The molecule has 0 saturated heterocycles. The van der Waals surface area contributed by atoms with Crippen molar-refractivity contribution in [1.29, 1.82) is 0 Å². The SMILES string of the molecule is Cc1cccc(Cl)c1-c1nc(C(C)C)c(C)o1.Cc1oc(-c2c(O)cccc2Cl)nc1C(C)C. The number of halogens is 2. The minimum Gasteiger partial charge on any atom is -0.507 e. The summed E-state index contributed by atoms with van der Waals surface area (Å²) in [4.78, 5) is 8.94. The molecule has 0 aliphatic heterocycles. The van der Waals surface area contributed by atoms with Crippen molar-refractivity contribution in [2.45, 2.75) is 60.3 Å². The Kier molecular flexibility index (Phi) is 8.11. The normalized spacial score (nSPS) is 11.1. The van der Waals surface area contributed by atoms with Crippen LogP contribution in [0, 0.1) is 20.8 Å². The van der Waals surface area contributed by atoms with Gasteiger partial charge in [-0.05, 0) is 56.4 Å². The molecule has 4 aromatic rings. The first-order valence-electron chi connectivity index (χ1n) is 11.2. The minimum atomic E-state index is 0.0778. The van der Waals surface area contributed by atoms with Gasteiger partial charge in [-0.3, -0.25) is 0 Å². The number of aryl methyl sites for hydroxylation is 3. The van der Waals surface area contributed by atoms with Gasteiger partial charge in [0.15, 0.2) is 0 Å². The number of hydrogen-bond donors (Lipinski definition) is 1. The number of phenols is 1. The van der Waals surface area contributed by atoms with Gasteiger partial charge in [-0.25, -0.2) is 9.97 Å². The van der Waals surface area contributed by atoms with Crippen LogP contribution in [-0.4, -0.2) is 15.1 Å². The lowest BCUT2D eigenvalue weighted by Gasteiger charge is -2.03. The molecule has 0 bridgehead atoms. The molecule has 34 heavy (non-hydrogen) atoms. The van der Waals surface area contributed by atoms with Crippen molar-refractivity contribution in [1.82, 2.24) is 9.97 Å². The molecule has 2 aromatic carbocycles. The lowest BCUT2D eigenvalue weighted by Crippen LogP contribution is -1.90. The van der Waals surface area contributed by atoms with Crippen LogP contribution in [0.5, 0.6) is 5.75 Å². The van der Waals surface area contributed by atoms with Crippen molar-refractivity contribution in [3.63, 3.8) is 0 Å². The smallest absolute Gasteiger partial charge is 0.231 e. The summed E-state index contributed by atoms with van der Waals surface area (Å²) in [7, 11) is 0. The number of rotatable bonds is 4. The Bertz CT molecular complexity index is 1150. The van der Waals surface area contributed by atoms with Gasteiger partial charge in [-0.1, -0.05) is 69.1 Å². The maximum atomic E-state index is 9.80. The average Bonchev–Trinajstić information content (AvgIpc) is 3.31. The van der Waals surface area contributed by atoms with E-state index >= 15 is 0 Å². The fraction of sp³-hybridized carbons (Fsp3) is 0.333. The lowest BCUT2D eigenvalue weighted by atomic mass is 10.1. The van der Waals surface area contributed by atoms with Gasteiger partial charge in [0.25, 0.3) is 0 Å². The van der Waals surface area contributed by atoms with Gasteiger partial charge < -0.3 is 13.9 Å². The second kappa shape index (κ2) is 10.7. The van der Waals surface area contributed by atoms with E-state index in [0.29, 0.717) is 33.3 Å². The van der Waals surface area contributed by atoms with Gasteiger partial charge in [-0.2, -0.15) is 0 Å². The van der Waals surface area contributed by atoms with Gasteiger partial charge in [0.1, 0.15) is 17.3 Å². The molecule has 0 fully saturated rings. The van der Waals surface area contributed by atoms with E-state index in [1.807, 2.05) is 52.8 Å². The van der Waals surface area contributed by atoms with Crippen LogP contribution in [0.4, 0.5) is 0 Å². The summed E-state index contributed by atoms with van der Waals surface area (Å²) >= 11 is 12.3. The quantitative estimate of drug-likeness (QED) is 0.302. The van der Waals surface area contributed by atoms with E-state index in [4.69, 9.17) is 32.0 Å². The van der Waals surface area contributed by atoms with Crippen molar-refractivity contribution in [3.05, 3.63) is 74.9 Å². The average molecular weight is 501 g/mol. The van der Waals surface area contributed by atoms with Crippen molar-refractivity contribution in [2.75, 3.05) is 0 Å². The zero-order valence-electron chi connectivity index (χ0n) is 20.5. The predicted molar refractivity (Wildman–Crippen MR) is 138 cm³/mol. The Balaban J connectivity index is 0.000000191. The van der Waals surface area contributed by atoms with Crippen LogP contribution in [0.25, 0.3) is 22.9 Å². The lowest BCUT2D eigenvalue weighted by molar-refractivity contribution is 0.471. The molecule has 2 aromatic heterocycles. The van der Waals surface area contributed by atoms with E-state index in [2.05, 4.69) is 23.8 Å². The first-order chi connectivity index (χ1) is 16.0. The van der Waals surface area contributed by atoms with Crippen LogP contribution in [0.3, 0.4) is 0 Å². The van der Waals surface area contributed by atoms with Crippen LogP contribution in [0.15, 0.2) is 45.2 Å². The summed E-state index contributed by atoms with van der Waals surface area (Å²) in [5, 5.41) is 10.9. The van der Waals surface area contributed by atoms with Crippen LogP contribution in [-0.2, 0) is 0 Å². The Morgan fingerprint density at radius 3 is 1.56 bits per heavy atom. The highest BCUT2D eigenvalue weighted by Crippen LogP contribution is 2.37. The first kappa shape index (κ1) is 25.9. The van der Waals surface area contributed by atoms with Gasteiger partial charge in [0, 0.05) is 0 Å². The van der Waals surface area contributed by atoms with Crippen LogP contribution in [0.1, 0.15) is 68.0 Å². The number of aromatic hydroxyl groups is 1. The van der Waals surface area contributed by atoms with E-state index in [9.17, 15) is 5.11 Å². The maximum absolute atomic E-state index is 9.80. The number of nitrogens with zero attached hydrogens (tertiary/aromatic N) is 2. The number of benzene rings is 2. The molecule has 5 nitrogen and oxygen atoms in total. The third kappa shape index (κ3) is 5.48. The van der Waals surface area contributed by atoms with E-state index in [1.165, 1.54) is 0 Å². The molecule has 0 aliphatic rings. The van der Waals surface area contributed by atoms with Gasteiger partial charge in [-0.15, -0.1) is 0 Å². The molecular weight excluding hydrogens is 471 g/mol. The Morgan fingerprint density at radius 2 is 1.15 bits per heavy atom. The number of aromatic nitrogens is 2. The Morgan fingerprint density at radius 1 is 0.706 bits per heavy atom. The molecule has 0 atom stereocenters. The summed E-state index contributed by atoms with van der Waals surface area (Å²) < 4.78 is 11.3. The molecule has 0 saturated carbocycles. The van der Waals surface area contributed by atoms with Crippen LogP contribution < -0.4 is 0 Å². The molecule has 0 aliphatic carbocycles. The van der Waals surface area contributed by atoms with Crippen LogP contribution >= 0.6 is 23.2 Å². The van der Waals surface area contributed by atoms with E-state index in [-0.39, 0.29) is 11.7 Å². The Labute approximate surface area is 210 Å². The molecule has 0 radical (unpaired) electrons. The van der Waals surface area contributed by atoms with Crippen molar-refractivity contribution < 1.29 is 13.9 Å². The zero-order chi connectivity index (χ0) is 25.2. The van der Waals surface area contributed by atoms with Crippen LogP contribution in [0.2, 0.25) is 10.0 Å². The number of hydrogen-bond acceptors (Lipinski definition) is 5. The van der Waals surface area contributed by atoms with Crippen molar-refractivity contribution in [3.8, 4) is 28.7 Å². The second-order valence-corrected chi connectivity index (χ2v) is 9.61. The monoisotopic (exact) mass is 500 g/mol. The summed E-state index contributed by atoms with van der Waals surface area (Å²) in [5.41, 5.74) is 4.31. The zero-order valence-corrected chi connectivity index (χ0v) is 22.0. The highest BCUT2D eigenvalue weighted by molar-refractivity contribution is 6.33. The molecule has 0 unspecified atom stereocenters. The minimum absolute atomic E-state index is 0.0778. The number of phenolic OH excluding ortho intramolecular Hbond substituents is 1. The van der Waals surface area contributed by atoms with Crippen molar-refractivity contribution in [2.24, 2.45) is 0 Å². The summed E-state index contributed by atoms with van der Waals surface area (Å²) in [6, 6.07) is 10.7. The fourth-order valence-electron chi connectivity index (χ4n) is 3.73. The van der Waals surface area contributed by atoms with E-state index < -0.39 is 0 Å². The highest BCUT2D eigenvalue weighted by Gasteiger charge is 2.19. The molecule has 0 amide bonds. The molecule has 7 heteroatoms. The van der Waals surface area contributed by atoms with E-state index in [0.717, 1.165) is 34.0 Å². The number of oxazole rings is 2. The first-order valence-corrected chi connectivity index (χ1v) is 11.9. The summed E-state index contributed by atoms with van der Waals surface area (Å²) in [5.74, 6) is 3.33. The largest absolute Gasteiger partial charge is 0.507 e. The third-order valence-electron chi connectivity index (χ3n) is 5.40. The molecule has 4 rings (SSSR count). The summed E-state index contributed by atoms with van der Waals surface area (Å²) in [6.07, 6.45) is 0.